The lowest BCUT2D eigenvalue weighted by Crippen LogP contribution is -2.44. The van der Waals surface area contributed by atoms with Crippen LogP contribution in [0.25, 0.3) is 0 Å². The predicted molar refractivity (Wildman–Crippen MR) is 84.6 cm³/mol. The molecule has 1 aromatic rings. The first-order valence-electron chi connectivity index (χ1n) is 7.56. The summed E-state index contributed by atoms with van der Waals surface area (Å²) >= 11 is 6.15. The molecule has 0 radical (unpaired) electrons. The Morgan fingerprint density at radius 2 is 1.90 bits per heavy atom. The fourth-order valence-corrected chi connectivity index (χ4v) is 3.01. The lowest BCUT2D eigenvalue weighted by molar-refractivity contribution is -0.132. The summed E-state index contributed by atoms with van der Waals surface area (Å²) in [5.41, 5.74) is 0.859. The Morgan fingerprint density at radius 1 is 1.24 bits per heavy atom. The number of likely N-dealkylation sites (tertiary alicyclic amines) is 1. The minimum Gasteiger partial charge on any atom is -0.358 e. The third kappa shape index (κ3) is 3.84. The van der Waals surface area contributed by atoms with E-state index in [2.05, 4.69) is 15.3 Å². The molecule has 1 aliphatic rings. The van der Waals surface area contributed by atoms with Crippen molar-refractivity contribution in [1.29, 1.82) is 0 Å². The van der Waals surface area contributed by atoms with Crippen LogP contribution in [0.15, 0.2) is 6.33 Å². The molecule has 1 amide bonds. The maximum absolute atomic E-state index is 12.5. The molecule has 1 saturated heterocycles. The van der Waals surface area contributed by atoms with E-state index in [4.69, 9.17) is 11.6 Å². The van der Waals surface area contributed by atoms with Gasteiger partial charge in [-0.05, 0) is 32.1 Å². The number of amides is 1. The highest BCUT2D eigenvalue weighted by Crippen LogP contribution is 2.28. The van der Waals surface area contributed by atoms with Gasteiger partial charge in [-0.15, -0.1) is 0 Å². The smallest absolute Gasteiger partial charge is 0.244 e. The molecule has 0 aromatic carbocycles. The monoisotopic (exact) mass is 310 g/mol. The fourth-order valence-electron chi connectivity index (χ4n) is 2.66. The number of hydrogen-bond acceptors (Lipinski definition) is 4. The molecule has 21 heavy (non-hydrogen) atoms. The maximum atomic E-state index is 12.5. The Hall–Kier alpha value is -1.36. The molecule has 0 aliphatic carbocycles. The summed E-state index contributed by atoms with van der Waals surface area (Å²) in [6.45, 7) is 7.65. The summed E-state index contributed by atoms with van der Waals surface area (Å²) in [6.07, 6.45) is 4.82. The molecule has 0 spiro atoms. The molecule has 1 aliphatic heterocycles. The van der Waals surface area contributed by atoms with Gasteiger partial charge in [-0.1, -0.05) is 25.4 Å². The number of carbonyl (C=O) groups excluding carboxylic acids is 1. The van der Waals surface area contributed by atoms with Gasteiger partial charge in [0, 0.05) is 18.7 Å². The van der Waals surface area contributed by atoms with E-state index >= 15 is 0 Å². The van der Waals surface area contributed by atoms with Crippen LogP contribution in [0.5, 0.6) is 0 Å². The molecule has 1 N–H and O–H groups in total. The summed E-state index contributed by atoms with van der Waals surface area (Å²) in [6, 6.07) is -0.313. The molecule has 1 unspecified atom stereocenters. The zero-order valence-corrected chi connectivity index (χ0v) is 13.7. The van der Waals surface area contributed by atoms with Crippen LogP contribution in [0.2, 0.25) is 5.15 Å². The number of aromatic nitrogens is 2. The van der Waals surface area contributed by atoms with Crippen molar-refractivity contribution < 1.29 is 4.79 Å². The maximum Gasteiger partial charge on any atom is 0.244 e. The van der Waals surface area contributed by atoms with Crippen LogP contribution in [0, 0.1) is 0 Å². The van der Waals surface area contributed by atoms with E-state index in [1.165, 1.54) is 12.7 Å². The molecule has 2 heterocycles. The molecule has 6 heteroatoms. The highest BCUT2D eigenvalue weighted by Gasteiger charge is 2.24. The summed E-state index contributed by atoms with van der Waals surface area (Å²) in [5, 5.41) is 3.65. The Balaban J connectivity index is 2.10. The van der Waals surface area contributed by atoms with Gasteiger partial charge in [0.05, 0.1) is 0 Å². The van der Waals surface area contributed by atoms with E-state index in [1.807, 2.05) is 25.7 Å². The number of hydrogen-bond donors (Lipinski definition) is 1. The van der Waals surface area contributed by atoms with Crippen molar-refractivity contribution in [3.63, 3.8) is 0 Å². The predicted octanol–water partition coefficient (Wildman–Crippen LogP) is 3.07. The Labute approximate surface area is 131 Å². The number of halogens is 1. The van der Waals surface area contributed by atoms with E-state index < -0.39 is 0 Å². The highest BCUT2D eigenvalue weighted by atomic mass is 35.5. The normalized spacial score (nSPS) is 16.9. The van der Waals surface area contributed by atoms with Gasteiger partial charge in [-0.25, -0.2) is 9.97 Å². The van der Waals surface area contributed by atoms with E-state index in [-0.39, 0.29) is 17.9 Å². The Kier molecular flexibility index (Phi) is 5.39. The Morgan fingerprint density at radius 3 is 2.52 bits per heavy atom. The summed E-state index contributed by atoms with van der Waals surface area (Å²) in [5.74, 6) is 0.973. The second kappa shape index (κ2) is 7.07. The summed E-state index contributed by atoms with van der Waals surface area (Å²) < 4.78 is 0. The lowest BCUT2D eigenvalue weighted by atomic mass is 10.1. The minimum atomic E-state index is -0.313. The van der Waals surface area contributed by atoms with Crippen molar-refractivity contribution in [2.45, 2.75) is 52.0 Å². The minimum absolute atomic E-state index is 0.124. The number of carbonyl (C=O) groups is 1. The lowest BCUT2D eigenvalue weighted by Gasteiger charge is -2.30. The van der Waals surface area contributed by atoms with Crippen molar-refractivity contribution in [2.75, 3.05) is 18.4 Å². The first kappa shape index (κ1) is 16.0. The topological polar surface area (TPSA) is 58.1 Å². The average Bonchev–Trinajstić information content (AvgIpc) is 2.47. The van der Waals surface area contributed by atoms with Crippen molar-refractivity contribution in [3.05, 3.63) is 17.0 Å². The van der Waals surface area contributed by atoms with E-state index in [0.29, 0.717) is 11.0 Å². The molecule has 116 valence electrons. The van der Waals surface area contributed by atoms with Crippen molar-refractivity contribution in [1.82, 2.24) is 14.9 Å². The van der Waals surface area contributed by atoms with Crippen LogP contribution in [0.3, 0.4) is 0 Å². The molecule has 0 saturated carbocycles. The van der Waals surface area contributed by atoms with Crippen molar-refractivity contribution in [3.8, 4) is 0 Å². The molecule has 1 aromatic heterocycles. The number of nitrogens with one attached hydrogen (secondary N) is 1. The van der Waals surface area contributed by atoms with Crippen LogP contribution < -0.4 is 5.32 Å². The van der Waals surface area contributed by atoms with Crippen molar-refractivity contribution in [2.24, 2.45) is 0 Å². The molecule has 1 atom stereocenters. The number of nitrogens with zero attached hydrogens (tertiary/aromatic N) is 3. The fraction of sp³-hybridized carbons (Fsp3) is 0.667. The first-order valence-corrected chi connectivity index (χ1v) is 7.94. The summed E-state index contributed by atoms with van der Waals surface area (Å²) in [7, 11) is 0. The zero-order valence-electron chi connectivity index (χ0n) is 12.9. The third-order valence-corrected chi connectivity index (χ3v) is 4.11. The molecule has 0 bridgehead atoms. The van der Waals surface area contributed by atoms with Crippen LogP contribution in [0.4, 0.5) is 5.82 Å². The quantitative estimate of drug-likeness (QED) is 0.868. The number of piperidine rings is 1. The molecular formula is C15H23ClN4O. The van der Waals surface area contributed by atoms with Gasteiger partial charge in [-0.3, -0.25) is 4.79 Å². The molecule has 2 rings (SSSR count). The van der Waals surface area contributed by atoms with E-state index in [9.17, 15) is 4.79 Å². The second-order valence-corrected chi connectivity index (χ2v) is 6.19. The average molecular weight is 311 g/mol. The molecule has 1 fully saturated rings. The van der Waals surface area contributed by atoms with Gasteiger partial charge in [0.1, 0.15) is 23.3 Å². The molecular weight excluding hydrogens is 288 g/mol. The van der Waals surface area contributed by atoms with Crippen LogP contribution >= 0.6 is 11.6 Å². The second-order valence-electron chi connectivity index (χ2n) is 5.83. The summed E-state index contributed by atoms with van der Waals surface area (Å²) in [4.78, 5) is 22.7. The van der Waals surface area contributed by atoms with Gasteiger partial charge in [-0.2, -0.15) is 0 Å². The number of rotatable bonds is 4. The first-order chi connectivity index (χ1) is 10.0. The van der Waals surface area contributed by atoms with Crippen LogP contribution in [0.1, 0.15) is 51.5 Å². The third-order valence-electron chi connectivity index (χ3n) is 3.80. The van der Waals surface area contributed by atoms with Gasteiger partial charge in [0.2, 0.25) is 5.91 Å². The van der Waals surface area contributed by atoms with E-state index in [0.717, 1.165) is 31.5 Å². The highest BCUT2D eigenvalue weighted by molar-refractivity contribution is 6.30. The standard InChI is InChI=1S/C15H23ClN4O/c1-10(2)12-13(16)17-9-18-14(12)19-11(3)15(21)20-7-5-4-6-8-20/h9-11H,4-8H2,1-3H3,(H,17,18,19). The molecule has 5 nitrogen and oxygen atoms in total. The van der Waals surface area contributed by atoms with Gasteiger partial charge >= 0.3 is 0 Å². The van der Waals surface area contributed by atoms with Crippen LogP contribution in [-0.4, -0.2) is 39.9 Å². The SMILES string of the molecule is CC(Nc1ncnc(Cl)c1C(C)C)C(=O)N1CCCCC1. The van der Waals surface area contributed by atoms with Crippen LogP contribution in [-0.2, 0) is 4.79 Å². The van der Waals surface area contributed by atoms with Gasteiger partial charge < -0.3 is 10.2 Å². The number of anilines is 1. The van der Waals surface area contributed by atoms with E-state index in [1.54, 1.807) is 0 Å². The van der Waals surface area contributed by atoms with Crippen molar-refractivity contribution >= 4 is 23.3 Å². The van der Waals surface area contributed by atoms with Gasteiger partial charge in [0.25, 0.3) is 0 Å². The zero-order chi connectivity index (χ0) is 15.4. The largest absolute Gasteiger partial charge is 0.358 e. The van der Waals surface area contributed by atoms with Gasteiger partial charge in [0.15, 0.2) is 0 Å². The Bertz CT molecular complexity index is 500.